The smallest absolute Gasteiger partial charge is 0.255 e. The molecule has 4 amide bonds. The van der Waals surface area contributed by atoms with Gasteiger partial charge in [0.05, 0.1) is 5.57 Å². The average Bonchev–Trinajstić information content (AvgIpc) is 3.17. The van der Waals surface area contributed by atoms with Crippen LogP contribution in [0.3, 0.4) is 0 Å². The number of fused-ring (bicyclic) bond motifs is 2. The van der Waals surface area contributed by atoms with Gasteiger partial charge >= 0.3 is 0 Å². The van der Waals surface area contributed by atoms with Crippen molar-refractivity contribution in [2.45, 2.75) is 32.0 Å². The minimum absolute atomic E-state index is 0.161. The summed E-state index contributed by atoms with van der Waals surface area (Å²) in [4.78, 5) is 50.6. The fraction of sp³-hybridized carbons (Fsp3) is 0.231. The Bertz CT molecular complexity index is 1320. The number of imide groups is 1. The Labute approximate surface area is 196 Å². The third-order valence-corrected chi connectivity index (χ3v) is 6.22. The van der Waals surface area contributed by atoms with Crippen molar-refractivity contribution in [3.05, 3.63) is 69.8 Å². The number of carbonyl (C=O) groups excluding carboxylic acids is 4. The lowest BCUT2D eigenvalue weighted by atomic mass is 10.0. The largest absolute Gasteiger partial charge is 0.488 e. The van der Waals surface area contributed by atoms with Gasteiger partial charge in [-0.05, 0) is 47.9 Å². The molecule has 0 bridgehead atoms. The predicted molar refractivity (Wildman–Crippen MR) is 122 cm³/mol. The summed E-state index contributed by atoms with van der Waals surface area (Å²) in [6.45, 7) is 0.719. The second kappa shape index (κ2) is 8.52. The van der Waals surface area contributed by atoms with E-state index in [0.29, 0.717) is 28.9 Å². The molecule has 1 unspecified atom stereocenters. The monoisotopic (exact) mass is 455 g/mol. The zero-order valence-corrected chi connectivity index (χ0v) is 18.2. The number of ether oxygens (including phenoxy) is 1. The maximum atomic E-state index is 12.8. The second-order valence-electron chi connectivity index (χ2n) is 8.43. The molecule has 1 atom stereocenters. The van der Waals surface area contributed by atoms with Crippen LogP contribution in [0.1, 0.15) is 45.5 Å². The van der Waals surface area contributed by atoms with Gasteiger partial charge in [-0.1, -0.05) is 18.1 Å². The molecule has 1 saturated heterocycles. The van der Waals surface area contributed by atoms with Gasteiger partial charge in [0.2, 0.25) is 11.8 Å². The number of terminal acetylenes is 1. The normalized spacial score (nSPS) is 18.8. The molecule has 2 N–H and O–H groups in total. The van der Waals surface area contributed by atoms with Crippen molar-refractivity contribution in [3.63, 3.8) is 0 Å². The van der Waals surface area contributed by atoms with Gasteiger partial charge in [0.1, 0.15) is 18.4 Å². The van der Waals surface area contributed by atoms with Crippen LogP contribution in [0.2, 0.25) is 0 Å². The minimum Gasteiger partial charge on any atom is -0.488 e. The summed E-state index contributed by atoms with van der Waals surface area (Å²) in [5.74, 6) is 2.01. The summed E-state index contributed by atoms with van der Waals surface area (Å²) < 4.78 is 5.67. The van der Waals surface area contributed by atoms with E-state index in [9.17, 15) is 19.2 Å². The second-order valence-corrected chi connectivity index (χ2v) is 8.43. The highest BCUT2D eigenvalue weighted by atomic mass is 16.5. The number of amides is 4. The third-order valence-electron chi connectivity index (χ3n) is 6.22. The molecular weight excluding hydrogens is 434 g/mol. The molecule has 0 aromatic heterocycles. The summed E-state index contributed by atoms with van der Waals surface area (Å²) >= 11 is 0. The molecular formula is C26H21N3O5. The van der Waals surface area contributed by atoms with Gasteiger partial charge in [0.25, 0.3) is 11.8 Å². The van der Waals surface area contributed by atoms with Crippen LogP contribution in [0.5, 0.6) is 5.75 Å². The maximum absolute atomic E-state index is 12.8. The van der Waals surface area contributed by atoms with E-state index in [1.807, 2.05) is 6.07 Å². The van der Waals surface area contributed by atoms with Crippen LogP contribution in [-0.4, -0.2) is 41.2 Å². The van der Waals surface area contributed by atoms with E-state index < -0.39 is 11.9 Å². The summed E-state index contributed by atoms with van der Waals surface area (Å²) in [7, 11) is 0. The predicted octanol–water partition coefficient (Wildman–Crippen LogP) is 1.52. The highest BCUT2D eigenvalue weighted by Gasteiger charge is 2.39. The maximum Gasteiger partial charge on any atom is 0.255 e. The van der Waals surface area contributed by atoms with Gasteiger partial charge in [0, 0.05) is 36.2 Å². The zero-order chi connectivity index (χ0) is 23.8. The Hall–Kier alpha value is -4.38. The molecule has 8 nitrogen and oxygen atoms in total. The van der Waals surface area contributed by atoms with E-state index in [1.54, 1.807) is 36.4 Å². The number of hydrogen-bond acceptors (Lipinski definition) is 5. The Morgan fingerprint density at radius 3 is 2.85 bits per heavy atom. The summed E-state index contributed by atoms with van der Waals surface area (Å²) in [6.07, 6.45) is 7.75. The van der Waals surface area contributed by atoms with E-state index in [1.165, 1.54) is 4.90 Å². The van der Waals surface area contributed by atoms with E-state index in [-0.39, 0.29) is 43.8 Å². The first kappa shape index (κ1) is 21.5. The van der Waals surface area contributed by atoms with Gasteiger partial charge in [0.15, 0.2) is 0 Å². The first-order chi connectivity index (χ1) is 16.4. The molecule has 34 heavy (non-hydrogen) atoms. The SMILES string of the molecule is C#Cc1ccc2c(c1)C=C(C(=O)NCc1ccc3c(c1)CN(C1CCC(=O)NC1=O)C3=O)CO2. The van der Waals surface area contributed by atoms with Crippen LogP contribution >= 0.6 is 0 Å². The lowest BCUT2D eigenvalue weighted by molar-refractivity contribution is -0.137. The van der Waals surface area contributed by atoms with Crippen molar-refractivity contribution in [3.8, 4) is 18.1 Å². The number of benzene rings is 2. The Balaban J connectivity index is 1.25. The van der Waals surface area contributed by atoms with Crippen molar-refractivity contribution in [2.24, 2.45) is 0 Å². The molecule has 170 valence electrons. The number of nitrogens with zero attached hydrogens (tertiary/aromatic N) is 1. The number of carbonyl (C=O) groups is 4. The summed E-state index contributed by atoms with van der Waals surface area (Å²) in [6, 6.07) is 10.1. The van der Waals surface area contributed by atoms with Gasteiger partial charge in [-0.3, -0.25) is 24.5 Å². The molecule has 3 aliphatic heterocycles. The quantitative estimate of drug-likeness (QED) is 0.537. The summed E-state index contributed by atoms with van der Waals surface area (Å²) in [5, 5.41) is 5.19. The zero-order valence-electron chi connectivity index (χ0n) is 18.2. The van der Waals surface area contributed by atoms with E-state index >= 15 is 0 Å². The first-order valence-electron chi connectivity index (χ1n) is 10.9. The van der Waals surface area contributed by atoms with Gasteiger partial charge in [-0.2, -0.15) is 0 Å². The molecule has 3 aliphatic rings. The third kappa shape index (κ3) is 3.92. The number of rotatable bonds is 4. The van der Waals surface area contributed by atoms with Crippen LogP contribution in [-0.2, 0) is 27.5 Å². The van der Waals surface area contributed by atoms with Crippen LogP contribution in [0, 0.1) is 12.3 Å². The van der Waals surface area contributed by atoms with Gasteiger partial charge in [-0.25, -0.2) is 0 Å². The van der Waals surface area contributed by atoms with Crippen LogP contribution < -0.4 is 15.4 Å². The molecule has 1 fully saturated rings. The average molecular weight is 455 g/mol. The van der Waals surface area contributed by atoms with Crippen molar-refractivity contribution in [1.82, 2.24) is 15.5 Å². The molecule has 8 heteroatoms. The molecule has 2 aromatic carbocycles. The standard InChI is InChI=1S/C26H21N3O5/c1-2-15-4-7-22-17(9-15)11-19(14-34-22)24(31)27-12-16-3-5-20-18(10-16)13-29(26(20)33)21-6-8-23(30)28-25(21)32/h1,3-5,7,9-11,21H,6,8,12-14H2,(H,27,31)(H,28,30,32). The van der Waals surface area contributed by atoms with Crippen molar-refractivity contribution in [2.75, 3.05) is 6.61 Å². The lowest BCUT2D eigenvalue weighted by Gasteiger charge is -2.29. The molecule has 0 saturated carbocycles. The number of nitrogens with one attached hydrogen (secondary N) is 2. The highest BCUT2D eigenvalue weighted by molar-refractivity contribution is 6.05. The van der Waals surface area contributed by atoms with Crippen molar-refractivity contribution < 1.29 is 23.9 Å². The fourth-order valence-corrected chi connectivity index (χ4v) is 4.43. The van der Waals surface area contributed by atoms with Crippen LogP contribution in [0.15, 0.2) is 42.0 Å². The molecule has 5 rings (SSSR count). The highest BCUT2D eigenvalue weighted by Crippen LogP contribution is 2.29. The van der Waals surface area contributed by atoms with E-state index in [0.717, 1.165) is 16.7 Å². The van der Waals surface area contributed by atoms with Crippen molar-refractivity contribution in [1.29, 1.82) is 0 Å². The van der Waals surface area contributed by atoms with Crippen LogP contribution in [0.25, 0.3) is 6.08 Å². The summed E-state index contributed by atoms with van der Waals surface area (Å²) in [5.41, 5.74) is 4.11. The molecule has 0 aliphatic carbocycles. The fourth-order valence-electron chi connectivity index (χ4n) is 4.43. The first-order valence-corrected chi connectivity index (χ1v) is 10.9. The topological polar surface area (TPSA) is 105 Å². The Kier molecular flexibility index (Phi) is 5.38. The van der Waals surface area contributed by atoms with Crippen molar-refractivity contribution >= 4 is 29.7 Å². The lowest BCUT2D eigenvalue weighted by Crippen LogP contribution is -2.52. The molecule has 3 heterocycles. The van der Waals surface area contributed by atoms with Gasteiger partial charge < -0.3 is 15.0 Å². The Morgan fingerprint density at radius 2 is 2.06 bits per heavy atom. The molecule has 0 radical (unpaired) electrons. The molecule has 0 spiro atoms. The van der Waals surface area contributed by atoms with Crippen LogP contribution in [0.4, 0.5) is 0 Å². The van der Waals surface area contributed by atoms with E-state index in [2.05, 4.69) is 16.6 Å². The molecule has 2 aromatic rings. The minimum atomic E-state index is -0.656. The van der Waals surface area contributed by atoms with Gasteiger partial charge in [-0.15, -0.1) is 6.42 Å². The number of hydrogen-bond donors (Lipinski definition) is 2. The number of piperidine rings is 1. The van der Waals surface area contributed by atoms with E-state index in [4.69, 9.17) is 11.2 Å². The Morgan fingerprint density at radius 1 is 1.21 bits per heavy atom.